The molecule has 13 heavy (non-hydrogen) atoms. The fraction of sp³-hybridized carbons (Fsp3) is 0.222. The van der Waals surface area contributed by atoms with Crippen molar-refractivity contribution < 1.29 is 0 Å². The average molecular weight is 210 g/mol. The molecule has 0 spiro atoms. The highest BCUT2D eigenvalue weighted by Crippen LogP contribution is 2.17. The molecule has 0 unspecified atom stereocenters. The number of thiophene rings is 1. The van der Waals surface area contributed by atoms with Crippen molar-refractivity contribution >= 4 is 27.8 Å². The Morgan fingerprint density at radius 3 is 3.00 bits per heavy atom. The first-order chi connectivity index (χ1) is 6.34. The Bertz CT molecular complexity index is 365. The fourth-order valence-corrected chi connectivity index (χ4v) is 2.41. The number of hydrogen-bond donors (Lipinski definition) is 1. The van der Waals surface area contributed by atoms with E-state index in [4.69, 9.17) is 0 Å². The molecule has 68 valence electrons. The van der Waals surface area contributed by atoms with E-state index in [0.717, 1.165) is 11.7 Å². The lowest BCUT2D eigenvalue weighted by Crippen LogP contribution is -1.95. The largest absolute Gasteiger partial charge is 0.357 e. The Labute approximate surface area is 85.3 Å². The van der Waals surface area contributed by atoms with Gasteiger partial charge in [-0.1, -0.05) is 0 Å². The van der Waals surface area contributed by atoms with Crippen molar-refractivity contribution in [3.63, 3.8) is 0 Å². The third-order valence-corrected chi connectivity index (χ3v) is 3.37. The third kappa shape index (κ3) is 2.29. The molecule has 0 aliphatic rings. The smallest absolute Gasteiger partial charge is 0.182 e. The van der Waals surface area contributed by atoms with Crippen LogP contribution in [0.1, 0.15) is 9.75 Å². The van der Waals surface area contributed by atoms with Gasteiger partial charge >= 0.3 is 0 Å². The van der Waals surface area contributed by atoms with Crippen LogP contribution in [0, 0.1) is 6.92 Å². The van der Waals surface area contributed by atoms with Crippen LogP contribution in [0.15, 0.2) is 23.7 Å². The molecular formula is C9H10N2S2. The maximum absolute atomic E-state index is 4.15. The summed E-state index contributed by atoms with van der Waals surface area (Å²) in [6.07, 6.45) is 1.81. The molecule has 0 radical (unpaired) electrons. The zero-order chi connectivity index (χ0) is 9.10. The molecule has 2 aromatic heterocycles. The standard InChI is InChI=1S/C9H10N2S2/c1-7-2-3-8(13-7)6-11-9-10-4-5-12-9/h2-5H,6H2,1H3,(H,10,11). The van der Waals surface area contributed by atoms with Crippen LogP contribution in [-0.4, -0.2) is 4.98 Å². The summed E-state index contributed by atoms with van der Waals surface area (Å²) in [7, 11) is 0. The number of aromatic nitrogens is 1. The highest BCUT2D eigenvalue weighted by molar-refractivity contribution is 7.13. The van der Waals surface area contributed by atoms with Gasteiger partial charge < -0.3 is 5.32 Å². The number of aryl methyl sites for hydroxylation is 1. The molecule has 0 aliphatic heterocycles. The molecule has 2 heterocycles. The lowest BCUT2D eigenvalue weighted by molar-refractivity contribution is 1.17. The van der Waals surface area contributed by atoms with Crippen LogP contribution in [0.5, 0.6) is 0 Å². The minimum absolute atomic E-state index is 0.881. The zero-order valence-corrected chi connectivity index (χ0v) is 8.91. The van der Waals surface area contributed by atoms with E-state index in [1.165, 1.54) is 9.75 Å². The van der Waals surface area contributed by atoms with Gasteiger partial charge in [-0.05, 0) is 19.1 Å². The van der Waals surface area contributed by atoms with Crippen molar-refractivity contribution in [1.82, 2.24) is 4.98 Å². The van der Waals surface area contributed by atoms with E-state index < -0.39 is 0 Å². The highest BCUT2D eigenvalue weighted by atomic mass is 32.1. The summed E-state index contributed by atoms with van der Waals surface area (Å²) >= 11 is 3.46. The summed E-state index contributed by atoms with van der Waals surface area (Å²) in [6, 6.07) is 4.30. The van der Waals surface area contributed by atoms with Gasteiger partial charge in [-0.25, -0.2) is 4.98 Å². The quantitative estimate of drug-likeness (QED) is 0.842. The molecule has 0 amide bonds. The monoisotopic (exact) mass is 210 g/mol. The van der Waals surface area contributed by atoms with E-state index in [2.05, 4.69) is 29.4 Å². The van der Waals surface area contributed by atoms with Gasteiger partial charge in [-0.15, -0.1) is 22.7 Å². The van der Waals surface area contributed by atoms with Gasteiger partial charge in [-0.2, -0.15) is 0 Å². The van der Waals surface area contributed by atoms with Crippen LogP contribution >= 0.6 is 22.7 Å². The number of nitrogens with one attached hydrogen (secondary N) is 1. The van der Waals surface area contributed by atoms with Crippen molar-refractivity contribution in [2.24, 2.45) is 0 Å². The molecule has 2 rings (SSSR count). The van der Waals surface area contributed by atoms with E-state index >= 15 is 0 Å². The number of hydrogen-bond acceptors (Lipinski definition) is 4. The van der Waals surface area contributed by atoms with Gasteiger partial charge in [0, 0.05) is 21.3 Å². The number of rotatable bonds is 3. The van der Waals surface area contributed by atoms with Gasteiger partial charge in [0.25, 0.3) is 0 Å². The van der Waals surface area contributed by atoms with Gasteiger partial charge in [-0.3, -0.25) is 0 Å². The first-order valence-corrected chi connectivity index (χ1v) is 5.73. The number of thiazole rings is 1. The zero-order valence-electron chi connectivity index (χ0n) is 7.28. The molecule has 1 N–H and O–H groups in total. The predicted molar refractivity (Wildman–Crippen MR) is 58.5 cm³/mol. The van der Waals surface area contributed by atoms with Gasteiger partial charge in [0.2, 0.25) is 0 Å². The topological polar surface area (TPSA) is 24.9 Å². The maximum Gasteiger partial charge on any atom is 0.182 e. The predicted octanol–water partition coefficient (Wildman–Crippen LogP) is 3.13. The minimum Gasteiger partial charge on any atom is -0.357 e. The van der Waals surface area contributed by atoms with E-state index in [-0.39, 0.29) is 0 Å². The van der Waals surface area contributed by atoms with Crippen LogP contribution in [0.25, 0.3) is 0 Å². The Hall–Kier alpha value is -0.870. The average Bonchev–Trinajstić information content (AvgIpc) is 2.71. The van der Waals surface area contributed by atoms with Gasteiger partial charge in [0.15, 0.2) is 5.13 Å². The van der Waals surface area contributed by atoms with E-state index in [0.29, 0.717) is 0 Å². The molecule has 2 aromatic rings. The summed E-state index contributed by atoms with van der Waals surface area (Å²) < 4.78 is 0. The molecule has 0 saturated carbocycles. The van der Waals surface area contributed by atoms with Crippen LogP contribution in [0.3, 0.4) is 0 Å². The van der Waals surface area contributed by atoms with Crippen LogP contribution < -0.4 is 5.32 Å². The summed E-state index contributed by atoms with van der Waals surface area (Å²) in [5, 5.41) is 6.24. The lowest BCUT2D eigenvalue weighted by Gasteiger charge is -1.98. The van der Waals surface area contributed by atoms with E-state index in [1.54, 1.807) is 11.3 Å². The highest BCUT2D eigenvalue weighted by Gasteiger charge is 1.97. The van der Waals surface area contributed by atoms with Gasteiger partial charge in [0.1, 0.15) is 0 Å². The fourth-order valence-electron chi connectivity index (χ4n) is 1.05. The molecule has 2 nitrogen and oxygen atoms in total. The second kappa shape index (κ2) is 3.89. The summed E-state index contributed by atoms with van der Waals surface area (Å²) in [5.41, 5.74) is 0. The van der Waals surface area contributed by atoms with Crippen molar-refractivity contribution in [3.05, 3.63) is 33.5 Å². The Balaban J connectivity index is 1.93. The molecule has 0 atom stereocenters. The molecule has 0 saturated heterocycles. The lowest BCUT2D eigenvalue weighted by atomic mass is 10.4. The third-order valence-electron chi connectivity index (χ3n) is 1.64. The maximum atomic E-state index is 4.15. The minimum atomic E-state index is 0.881. The Kier molecular flexibility index (Phi) is 2.61. The molecule has 0 bridgehead atoms. The summed E-state index contributed by atoms with van der Waals surface area (Å²) in [5.74, 6) is 0. The molecule has 0 fully saturated rings. The first kappa shape index (κ1) is 8.72. The van der Waals surface area contributed by atoms with Crippen molar-refractivity contribution in [1.29, 1.82) is 0 Å². The summed E-state index contributed by atoms with van der Waals surface area (Å²) in [6.45, 7) is 3.00. The number of anilines is 1. The van der Waals surface area contributed by atoms with Crippen molar-refractivity contribution in [2.45, 2.75) is 13.5 Å². The summed E-state index contributed by atoms with van der Waals surface area (Å²) in [4.78, 5) is 6.86. The molecule has 4 heteroatoms. The van der Waals surface area contributed by atoms with Crippen molar-refractivity contribution in [3.8, 4) is 0 Å². The second-order valence-corrected chi connectivity index (χ2v) is 4.97. The Morgan fingerprint density at radius 2 is 2.38 bits per heavy atom. The van der Waals surface area contributed by atoms with Crippen LogP contribution in [0.4, 0.5) is 5.13 Å². The first-order valence-electron chi connectivity index (χ1n) is 4.03. The Morgan fingerprint density at radius 1 is 1.46 bits per heavy atom. The van der Waals surface area contributed by atoms with Gasteiger partial charge in [0.05, 0.1) is 6.54 Å². The van der Waals surface area contributed by atoms with Crippen LogP contribution in [0.2, 0.25) is 0 Å². The van der Waals surface area contributed by atoms with Crippen LogP contribution in [-0.2, 0) is 6.54 Å². The SMILES string of the molecule is Cc1ccc(CNc2nccs2)s1. The van der Waals surface area contributed by atoms with E-state index in [1.807, 2.05) is 22.9 Å². The normalized spacial score (nSPS) is 10.2. The van der Waals surface area contributed by atoms with Crippen molar-refractivity contribution in [2.75, 3.05) is 5.32 Å². The second-order valence-electron chi connectivity index (χ2n) is 2.70. The number of nitrogens with zero attached hydrogens (tertiary/aromatic N) is 1. The molecule has 0 aromatic carbocycles. The molecule has 0 aliphatic carbocycles. The van der Waals surface area contributed by atoms with E-state index in [9.17, 15) is 0 Å². The molecular weight excluding hydrogens is 200 g/mol.